The van der Waals surface area contributed by atoms with Crippen LogP contribution in [-0.2, 0) is 9.59 Å². The van der Waals surface area contributed by atoms with Crippen LogP contribution in [0.3, 0.4) is 0 Å². The van der Waals surface area contributed by atoms with Crippen LogP contribution < -0.4 is 5.32 Å². The number of furan rings is 1. The first-order valence-electron chi connectivity index (χ1n) is 6.76. The molecule has 0 aliphatic heterocycles. The van der Waals surface area contributed by atoms with E-state index in [1.165, 1.54) is 24.3 Å². The van der Waals surface area contributed by atoms with Crippen LogP contribution in [0, 0.1) is 0 Å². The van der Waals surface area contributed by atoms with Gasteiger partial charge in [0, 0.05) is 7.05 Å². The Morgan fingerprint density at radius 1 is 1.43 bits per heavy atom. The highest BCUT2D eigenvalue weighted by molar-refractivity contribution is 5.94. The SMILES string of the molecule is CCCCC(NC(=O)CN(C)C(=O)c1ccco1)C(=O)O. The van der Waals surface area contributed by atoms with E-state index >= 15 is 0 Å². The van der Waals surface area contributed by atoms with Gasteiger partial charge in [0.2, 0.25) is 5.91 Å². The van der Waals surface area contributed by atoms with E-state index in [1.807, 2.05) is 6.92 Å². The maximum atomic E-state index is 11.9. The van der Waals surface area contributed by atoms with Crippen LogP contribution in [0.15, 0.2) is 22.8 Å². The van der Waals surface area contributed by atoms with E-state index in [9.17, 15) is 14.4 Å². The van der Waals surface area contributed by atoms with Crippen molar-refractivity contribution in [2.75, 3.05) is 13.6 Å². The highest BCUT2D eigenvalue weighted by Gasteiger charge is 2.22. The molecule has 0 spiro atoms. The van der Waals surface area contributed by atoms with Gasteiger partial charge >= 0.3 is 5.97 Å². The molecule has 2 N–H and O–H groups in total. The Hall–Kier alpha value is -2.31. The van der Waals surface area contributed by atoms with Crippen LogP contribution in [0.1, 0.15) is 36.7 Å². The Bertz CT molecular complexity index is 484. The molecule has 1 heterocycles. The van der Waals surface area contributed by atoms with Crippen LogP contribution in [0.25, 0.3) is 0 Å². The number of unbranched alkanes of at least 4 members (excludes halogenated alkanes) is 1. The van der Waals surface area contributed by atoms with Crippen molar-refractivity contribution >= 4 is 17.8 Å². The zero-order valence-electron chi connectivity index (χ0n) is 12.2. The molecule has 7 heteroatoms. The fourth-order valence-electron chi connectivity index (χ4n) is 1.78. The van der Waals surface area contributed by atoms with Crippen molar-refractivity contribution in [2.45, 2.75) is 32.2 Å². The summed E-state index contributed by atoms with van der Waals surface area (Å²) in [7, 11) is 1.45. The summed E-state index contributed by atoms with van der Waals surface area (Å²) in [4.78, 5) is 35.9. The van der Waals surface area contributed by atoms with Crippen LogP contribution in [0.2, 0.25) is 0 Å². The fourth-order valence-corrected chi connectivity index (χ4v) is 1.78. The minimum absolute atomic E-state index is 0.131. The van der Waals surface area contributed by atoms with Crippen molar-refractivity contribution in [1.29, 1.82) is 0 Å². The third-order valence-electron chi connectivity index (χ3n) is 2.94. The number of carboxylic acid groups (broad SMARTS) is 1. The molecule has 1 atom stereocenters. The van der Waals surface area contributed by atoms with Crippen molar-refractivity contribution < 1.29 is 23.9 Å². The maximum absolute atomic E-state index is 11.9. The Labute approximate surface area is 122 Å². The number of hydrogen-bond acceptors (Lipinski definition) is 4. The standard InChI is InChI=1S/C14H20N2O5/c1-3-4-6-10(14(19)20)15-12(17)9-16(2)13(18)11-7-5-8-21-11/h5,7-8,10H,3-4,6,9H2,1-2H3,(H,15,17)(H,19,20). The molecule has 0 aliphatic rings. The van der Waals surface area contributed by atoms with E-state index < -0.39 is 23.8 Å². The second-order valence-electron chi connectivity index (χ2n) is 4.74. The van der Waals surface area contributed by atoms with Crippen molar-refractivity contribution in [3.8, 4) is 0 Å². The molecule has 7 nitrogen and oxygen atoms in total. The van der Waals surface area contributed by atoms with Gasteiger partial charge in [-0.1, -0.05) is 19.8 Å². The minimum Gasteiger partial charge on any atom is -0.480 e. The summed E-state index contributed by atoms with van der Waals surface area (Å²) in [6.07, 6.45) is 3.29. The predicted octanol–water partition coefficient (Wildman–Crippen LogP) is 1.11. The molecule has 2 amide bonds. The summed E-state index contributed by atoms with van der Waals surface area (Å²) in [6.45, 7) is 1.71. The molecule has 1 unspecified atom stereocenters. The maximum Gasteiger partial charge on any atom is 0.326 e. The average molecular weight is 296 g/mol. The normalized spacial score (nSPS) is 11.7. The van der Waals surface area contributed by atoms with Gasteiger partial charge in [0.15, 0.2) is 5.76 Å². The molecule has 0 bridgehead atoms. The van der Waals surface area contributed by atoms with Gasteiger partial charge in [0.05, 0.1) is 12.8 Å². The first-order valence-corrected chi connectivity index (χ1v) is 6.76. The Kier molecular flexibility index (Phi) is 6.45. The number of carboxylic acids is 1. The van der Waals surface area contributed by atoms with E-state index in [4.69, 9.17) is 9.52 Å². The average Bonchev–Trinajstić information content (AvgIpc) is 2.96. The number of aliphatic carboxylic acids is 1. The molecular formula is C14H20N2O5. The highest BCUT2D eigenvalue weighted by atomic mass is 16.4. The second-order valence-corrected chi connectivity index (χ2v) is 4.74. The number of nitrogens with one attached hydrogen (secondary N) is 1. The summed E-state index contributed by atoms with van der Waals surface area (Å²) in [6, 6.07) is 2.15. The lowest BCUT2D eigenvalue weighted by molar-refractivity contribution is -0.142. The lowest BCUT2D eigenvalue weighted by Gasteiger charge is -2.18. The molecule has 0 aliphatic carbocycles. The summed E-state index contributed by atoms with van der Waals surface area (Å²) < 4.78 is 4.95. The predicted molar refractivity (Wildman–Crippen MR) is 74.8 cm³/mol. The fraction of sp³-hybridized carbons (Fsp3) is 0.500. The summed E-state index contributed by atoms with van der Waals surface area (Å²) in [5.41, 5.74) is 0. The van der Waals surface area contributed by atoms with Gasteiger partial charge in [0.1, 0.15) is 6.04 Å². The van der Waals surface area contributed by atoms with Crippen LogP contribution in [-0.4, -0.2) is 47.4 Å². The summed E-state index contributed by atoms with van der Waals surface area (Å²) in [5.74, 6) is -1.89. The molecule has 116 valence electrons. The van der Waals surface area contributed by atoms with E-state index in [0.717, 1.165) is 6.42 Å². The zero-order valence-corrected chi connectivity index (χ0v) is 12.2. The lowest BCUT2D eigenvalue weighted by atomic mass is 10.1. The second kappa shape index (κ2) is 8.08. The molecule has 0 saturated carbocycles. The topological polar surface area (TPSA) is 99.9 Å². The molecule has 0 radical (unpaired) electrons. The Balaban J connectivity index is 2.51. The minimum atomic E-state index is -1.07. The number of likely N-dealkylation sites (N-methyl/N-ethyl adjacent to an activating group) is 1. The van der Waals surface area contributed by atoms with E-state index in [2.05, 4.69) is 5.32 Å². The van der Waals surface area contributed by atoms with Crippen molar-refractivity contribution in [3.05, 3.63) is 24.2 Å². The first kappa shape index (κ1) is 16.7. The van der Waals surface area contributed by atoms with Gasteiger partial charge in [-0.3, -0.25) is 9.59 Å². The largest absolute Gasteiger partial charge is 0.480 e. The van der Waals surface area contributed by atoms with Gasteiger partial charge in [-0.05, 0) is 18.6 Å². The summed E-state index contributed by atoms with van der Waals surface area (Å²) in [5, 5.41) is 11.5. The smallest absolute Gasteiger partial charge is 0.326 e. The van der Waals surface area contributed by atoms with Gasteiger partial charge in [-0.15, -0.1) is 0 Å². The van der Waals surface area contributed by atoms with E-state index in [0.29, 0.717) is 12.8 Å². The quantitative estimate of drug-likeness (QED) is 0.748. The third kappa shape index (κ3) is 5.29. The monoisotopic (exact) mass is 296 g/mol. The molecule has 1 aromatic rings. The molecule has 0 saturated heterocycles. The van der Waals surface area contributed by atoms with Crippen LogP contribution in [0.4, 0.5) is 0 Å². The van der Waals surface area contributed by atoms with Gasteiger partial charge in [0.25, 0.3) is 5.91 Å². The first-order chi connectivity index (χ1) is 9.95. The molecular weight excluding hydrogens is 276 g/mol. The number of nitrogens with zero attached hydrogens (tertiary/aromatic N) is 1. The van der Waals surface area contributed by atoms with Crippen molar-refractivity contribution in [1.82, 2.24) is 10.2 Å². The van der Waals surface area contributed by atoms with Crippen LogP contribution in [0.5, 0.6) is 0 Å². The molecule has 0 aromatic carbocycles. The van der Waals surface area contributed by atoms with Gasteiger partial charge in [-0.25, -0.2) is 4.79 Å². The van der Waals surface area contributed by atoms with Crippen LogP contribution >= 0.6 is 0 Å². The Morgan fingerprint density at radius 2 is 2.14 bits per heavy atom. The summed E-state index contributed by atoms with van der Waals surface area (Å²) >= 11 is 0. The number of carbonyl (C=O) groups excluding carboxylic acids is 2. The number of amides is 2. The van der Waals surface area contributed by atoms with Gasteiger partial charge < -0.3 is 19.7 Å². The number of hydrogen-bond donors (Lipinski definition) is 2. The number of rotatable bonds is 8. The van der Waals surface area contributed by atoms with Crippen molar-refractivity contribution in [2.24, 2.45) is 0 Å². The highest BCUT2D eigenvalue weighted by Crippen LogP contribution is 2.04. The number of carbonyl (C=O) groups is 3. The zero-order chi connectivity index (χ0) is 15.8. The molecule has 1 rings (SSSR count). The van der Waals surface area contributed by atoms with Crippen molar-refractivity contribution in [3.63, 3.8) is 0 Å². The molecule has 1 aromatic heterocycles. The van der Waals surface area contributed by atoms with E-state index in [-0.39, 0.29) is 12.3 Å². The third-order valence-corrected chi connectivity index (χ3v) is 2.94. The van der Waals surface area contributed by atoms with E-state index in [1.54, 1.807) is 6.07 Å². The molecule has 21 heavy (non-hydrogen) atoms. The lowest BCUT2D eigenvalue weighted by Crippen LogP contribution is -2.45. The molecule has 0 fully saturated rings. The van der Waals surface area contributed by atoms with Gasteiger partial charge in [-0.2, -0.15) is 0 Å². The Morgan fingerprint density at radius 3 is 2.67 bits per heavy atom.